The molecule has 26 heavy (non-hydrogen) atoms. The van der Waals surface area contributed by atoms with Crippen LogP contribution in [-0.2, 0) is 4.79 Å². The Morgan fingerprint density at radius 3 is 2.69 bits per heavy atom. The number of benzene rings is 1. The Labute approximate surface area is 155 Å². The maximum atomic E-state index is 14.3. The van der Waals surface area contributed by atoms with Crippen LogP contribution < -0.4 is 21.1 Å². The van der Waals surface area contributed by atoms with E-state index in [0.29, 0.717) is 0 Å². The molecule has 1 atom stereocenters. The van der Waals surface area contributed by atoms with E-state index in [2.05, 4.69) is 4.37 Å². The zero-order chi connectivity index (χ0) is 18.8. The van der Waals surface area contributed by atoms with Gasteiger partial charge in [0.05, 0.1) is 23.4 Å². The molecule has 0 radical (unpaired) electrons. The summed E-state index contributed by atoms with van der Waals surface area (Å²) >= 11 is 1.86. The highest BCUT2D eigenvalue weighted by Crippen LogP contribution is 2.51. The molecule has 11 heteroatoms. The van der Waals surface area contributed by atoms with E-state index in [9.17, 15) is 13.6 Å². The fraction of sp³-hybridized carbons (Fsp3) is 0.200. The van der Waals surface area contributed by atoms with Gasteiger partial charge in [-0.25, -0.2) is 8.78 Å². The third-order valence-corrected chi connectivity index (χ3v) is 5.35. The number of nitrogens with two attached hydrogens (primary N) is 2. The van der Waals surface area contributed by atoms with E-state index in [1.54, 1.807) is 0 Å². The van der Waals surface area contributed by atoms with Gasteiger partial charge in [0, 0.05) is 11.5 Å². The molecule has 0 saturated heterocycles. The molecular weight excluding hydrogens is 386 g/mol. The molecule has 1 aromatic heterocycles. The van der Waals surface area contributed by atoms with Crippen LogP contribution in [0.25, 0.3) is 0 Å². The fourth-order valence-electron chi connectivity index (χ4n) is 2.51. The summed E-state index contributed by atoms with van der Waals surface area (Å²) in [6.07, 6.45) is 1.38. The predicted octanol–water partition coefficient (Wildman–Crippen LogP) is 1.66. The molecule has 138 valence electrons. The second-order valence-corrected chi connectivity index (χ2v) is 7.01. The fourth-order valence-corrected chi connectivity index (χ4v) is 4.36. The number of amides is 1. The van der Waals surface area contributed by atoms with E-state index in [-0.39, 0.29) is 40.3 Å². The molecule has 1 amide bonds. The van der Waals surface area contributed by atoms with E-state index in [0.717, 1.165) is 35.4 Å². The van der Waals surface area contributed by atoms with Crippen LogP contribution in [0.5, 0.6) is 5.06 Å². The normalized spacial score (nSPS) is 17.0. The Kier molecular flexibility index (Phi) is 5.30. The highest BCUT2D eigenvalue weighted by Gasteiger charge is 2.41. The summed E-state index contributed by atoms with van der Waals surface area (Å²) < 4.78 is 38.1. The van der Waals surface area contributed by atoms with E-state index in [4.69, 9.17) is 21.3 Å². The quantitative estimate of drug-likeness (QED) is 0.675. The number of anilines is 1. The summed E-state index contributed by atoms with van der Waals surface area (Å²) in [5.74, 6) is -2.42. The number of hydrogen-bond donors (Lipinski definition) is 3. The SMILES string of the molecule is NC(=O)C1=C(N)SC(c2c(F)cccc2F)N1c1cnsc1OCCO. The van der Waals surface area contributed by atoms with Gasteiger partial charge < -0.3 is 26.2 Å². The first kappa shape index (κ1) is 18.4. The number of aliphatic hydroxyl groups is 1. The first-order chi connectivity index (χ1) is 12.5. The van der Waals surface area contributed by atoms with Crippen LogP contribution >= 0.6 is 23.3 Å². The number of aromatic nitrogens is 1. The van der Waals surface area contributed by atoms with Crippen molar-refractivity contribution in [2.45, 2.75) is 5.37 Å². The average molecular weight is 400 g/mol. The minimum Gasteiger partial charge on any atom is -0.479 e. The lowest BCUT2D eigenvalue weighted by Gasteiger charge is -2.27. The van der Waals surface area contributed by atoms with E-state index in [1.807, 2.05) is 0 Å². The minimum absolute atomic E-state index is 0.0139. The number of thioether (sulfide) groups is 1. The number of carbonyl (C=O) groups excluding carboxylic acids is 1. The van der Waals surface area contributed by atoms with Crippen LogP contribution in [-0.4, -0.2) is 28.6 Å². The van der Waals surface area contributed by atoms with Gasteiger partial charge in [0.1, 0.15) is 35.0 Å². The monoisotopic (exact) mass is 400 g/mol. The first-order valence-corrected chi connectivity index (χ1v) is 8.98. The van der Waals surface area contributed by atoms with Gasteiger partial charge in [0.25, 0.3) is 5.91 Å². The smallest absolute Gasteiger partial charge is 0.268 e. The van der Waals surface area contributed by atoms with Gasteiger partial charge >= 0.3 is 0 Å². The Bertz CT molecular complexity index is 854. The summed E-state index contributed by atoms with van der Waals surface area (Å²) in [7, 11) is 0. The van der Waals surface area contributed by atoms with Gasteiger partial charge in [0.15, 0.2) is 0 Å². The number of halogens is 2. The number of ether oxygens (including phenoxy) is 1. The Morgan fingerprint density at radius 2 is 2.08 bits per heavy atom. The molecule has 3 rings (SSSR count). The standard InChI is InChI=1S/C15H14F2N4O3S2/c16-7-2-1-3-8(17)10(7)14-21(11(12(18)23)13(19)25-14)9-6-20-26-15(9)24-5-4-22/h1-3,6,14,22H,4-5,19H2,(H2,18,23). The molecule has 0 spiro atoms. The summed E-state index contributed by atoms with van der Waals surface area (Å²) in [4.78, 5) is 13.2. The van der Waals surface area contributed by atoms with E-state index < -0.39 is 22.9 Å². The Morgan fingerprint density at radius 1 is 1.38 bits per heavy atom. The van der Waals surface area contributed by atoms with Crippen molar-refractivity contribution in [3.63, 3.8) is 0 Å². The Balaban J connectivity index is 2.12. The van der Waals surface area contributed by atoms with Crippen molar-refractivity contribution in [3.8, 4) is 5.06 Å². The van der Waals surface area contributed by atoms with Gasteiger partial charge in [-0.3, -0.25) is 4.79 Å². The second-order valence-electron chi connectivity index (χ2n) is 5.12. The van der Waals surface area contributed by atoms with Crippen molar-refractivity contribution >= 4 is 34.9 Å². The number of nitrogens with zero attached hydrogens (tertiary/aromatic N) is 2. The summed E-state index contributed by atoms with van der Waals surface area (Å²) in [5, 5.41) is 8.23. The average Bonchev–Trinajstić information content (AvgIpc) is 3.16. The predicted molar refractivity (Wildman–Crippen MR) is 94.3 cm³/mol. The summed E-state index contributed by atoms with van der Waals surface area (Å²) in [5.41, 5.74) is 11.3. The zero-order valence-corrected chi connectivity index (χ0v) is 14.8. The molecule has 0 bridgehead atoms. The molecule has 1 aliphatic rings. The van der Waals surface area contributed by atoms with Crippen LogP contribution in [0.2, 0.25) is 0 Å². The molecule has 2 heterocycles. The van der Waals surface area contributed by atoms with Gasteiger partial charge in [-0.2, -0.15) is 4.37 Å². The molecular formula is C15H14F2N4O3S2. The lowest BCUT2D eigenvalue weighted by atomic mass is 10.1. The van der Waals surface area contributed by atoms with Gasteiger partial charge in [0.2, 0.25) is 5.06 Å². The summed E-state index contributed by atoms with van der Waals surface area (Å²) in [6.45, 7) is -0.252. The van der Waals surface area contributed by atoms with Gasteiger partial charge in [-0.05, 0) is 12.1 Å². The number of carbonyl (C=O) groups is 1. The number of hydrogen-bond acceptors (Lipinski definition) is 8. The zero-order valence-electron chi connectivity index (χ0n) is 13.2. The lowest BCUT2D eigenvalue weighted by Crippen LogP contribution is -2.32. The lowest BCUT2D eigenvalue weighted by molar-refractivity contribution is -0.114. The molecule has 0 saturated carbocycles. The number of primary amides is 1. The molecule has 2 aromatic rings. The minimum atomic E-state index is -1.01. The molecule has 7 nitrogen and oxygen atoms in total. The molecule has 1 unspecified atom stereocenters. The molecule has 0 fully saturated rings. The van der Waals surface area contributed by atoms with Gasteiger partial charge in [-0.1, -0.05) is 17.8 Å². The number of aliphatic hydroxyl groups excluding tert-OH is 1. The topological polar surface area (TPSA) is 115 Å². The third kappa shape index (κ3) is 3.20. The largest absolute Gasteiger partial charge is 0.479 e. The first-order valence-electron chi connectivity index (χ1n) is 7.33. The van der Waals surface area contributed by atoms with Crippen LogP contribution in [0.1, 0.15) is 10.9 Å². The van der Waals surface area contributed by atoms with Crippen molar-refractivity contribution in [1.29, 1.82) is 0 Å². The van der Waals surface area contributed by atoms with Crippen molar-refractivity contribution in [3.05, 3.63) is 52.3 Å². The highest BCUT2D eigenvalue weighted by atomic mass is 32.2. The third-order valence-electron chi connectivity index (χ3n) is 3.53. The van der Waals surface area contributed by atoms with Crippen LogP contribution in [0.4, 0.5) is 14.5 Å². The molecule has 1 aliphatic heterocycles. The van der Waals surface area contributed by atoms with Crippen LogP contribution in [0.15, 0.2) is 35.1 Å². The summed E-state index contributed by atoms with van der Waals surface area (Å²) in [6, 6.07) is 3.47. The number of rotatable bonds is 6. The second kappa shape index (κ2) is 7.48. The highest BCUT2D eigenvalue weighted by molar-refractivity contribution is 8.03. The van der Waals surface area contributed by atoms with E-state index in [1.165, 1.54) is 17.2 Å². The maximum absolute atomic E-state index is 14.3. The van der Waals surface area contributed by atoms with Crippen molar-refractivity contribution < 1.29 is 23.4 Å². The molecule has 1 aromatic carbocycles. The van der Waals surface area contributed by atoms with Crippen molar-refractivity contribution in [2.75, 3.05) is 18.1 Å². The van der Waals surface area contributed by atoms with E-state index >= 15 is 0 Å². The maximum Gasteiger partial charge on any atom is 0.268 e. The Hall–Kier alpha value is -2.37. The van der Waals surface area contributed by atoms with Gasteiger partial charge in [-0.15, -0.1) is 0 Å². The molecule has 0 aliphatic carbocycles. The van der Waals surface area contributed by atoms with Crippen LogP contribution in [0.3, 0.4) is 0 Å². The van der Waals surface area contributed by atoms with Crippen molar-refractivity contribution in [2.24, 2.45) is 11.5 Å². The van der Waals surface area contributed by atoms with Crippen LogP contribution in [0, 0.1) is 11.6 Å². The van der Waals surface area contributed by atoms with Crippen molar-refractivity contribution in [1.82, 2.24) is 4.37 Å². The molecule has 5 N–H and O–H groups in total.